The van der Waals surface area contributed by atoms with Gasteiger partial charge in [0.25, 0.3) is 5.88 Å². The van der Waals surface area contributed by atoms with Gasteiger partial charge in [-0.1, -0.05) is 15.9 Å². The van der Waals surface area contributed by atoms with Gasteiger partial charge in [0.2, 0.25) is 0 Å². The molecule has 0 saturated heterocycles. The van der Waals surface area contributed by atoms with Gasteiger partial charge in [0.15, 0.2) is 0 Å². The summed E-state index contributed by atoms with van der Waals surface area (Å²) in [6, 6.07) is 14.3. The number of ether oxygens (including phenoxy) is 2. The number of halogens is 1. The molecule has 9 nitrogen and oxygen atoms in total. The largest absolute Gasteiger partial charge is 0.479 e. The summed E-state index contributed by atoms with van der Waals surface area (Å²) in [5, 5.41) is 4.85. The number of aryl methyl sites for hydroxylation is 1. The topological polar surface area (TPSA) is 122 Å². The maximum atomic E-state index is 12.7. The van der Waals surface area contributed by atoms with Crippen LogP contribution in [0.5, 0.6) is 11.6 Å². The third-order valence-corrected chi connectivity index (χ3v) is 5.75. The summed E-state index contributed by atoms with van der Waals surface area (Å²) in [7, 11) is 1.46. The first kappa shape index (κ1) is 22.6. The van der Waals surface area contributed by atoms with Crippen LogP contribution in [-0.4, -0.2) is 18.2 Å². The predicted molar refractivity (Wildman–Crippen MR) is 129 cm³/mol. The number of hydrogen-bond acceptors (Lipinski definition) is 9. The summed E-state index contributed by atoms with van der Waals surface area (Å²) in [6.45, 7) is 0. The number of carbonyl (C=O) groups excluding carboxylic acids is 1. The van der Waals surface area contributed by atoms with Gasteiger partial charge in [-0.3, -0.25) is 4.79 Å². The third kappa shape index (κ3) is 4.73. The van der Waals surface area contributed by atoms with Crippen molar-refractivity contribution in [1.29, 1.82) is 0 Å². The summed E-state index contributed by atoms with van der Waals surface area (Å²) in [6.07, 6.45) is 0.309. The SMILES string of the molecule is COc1cc(CCC(=O)Oc2ccc3c(-c4cc5cc(Br)ccc5oc4=O)cc(=O)oc3c2)on1. The summed E-state index contributed by atoms with van der Waals surface area (Å²) in [5.41, 5.74) is -0.112. The highest BCUT2D eigenvalue weighted by Crippen LogP contribution is 2.30. The highest BCUT2D eigenvalue weighted by Gasteiger charge is 2.16. The van der Waals surface area contributed by atoms with Crippen molar-refractivity contribution in [3.8, 4) is 22.8 Å². The van der Waals surface area contributed by atoms with Crippen LogP contribution in [0, 0.1) is 0 Å². The lowest BCUT2D eigenvalue weighted by atomic mass is 10.0. The second-order valence-electron chi connectivity index (χ2n) is 7.58. The number of fused-ring (bicyclic) bond motifs is 2. The van der Waals surface area contributed by atoms with E-state index < -0.39 is 17.2 Å². The molecule has 35 heavy (non-hydrogen) atoms. The van der Waals surface area contributed by atoms with Crippen LogP contribution >= 0.6 is 15.9 Å². The number of nitrogens with zero attached hydrogens (tertiary/aromatic N) is 1. The van der Waals surface area contributed by atoms with Crippen LogP contribution in [0.1, 0.15) is 12.2 Å². The molecule has 10 heteroatoms. The molecule has 5 aromatic rings. The zero-order valence-electron chi connectivity index (χ0n) is 18.2. The first-order valence-corrected chi connectivity index (χ1v) is 11.2. The first-order valence-electron chi connectivity index (χ1n) is 10.4. The number of hydrogen-bond donors (Lipinski definition) is 0. The summed E-state index contributed by atoms with van der Waals surface area (Å²) in [4.78, 5) is 37.3. The normalized spacial score (nSPS) is 11.1. The van der Waals surface area contributed by atoms with E-state index in [9.17, 15) is 14.4 Å². The lowest BCUT2D eigenvalue weighted by Gasteiger charge is -2.08. The molecular weight excluding hydrogens is 522 g/mol. The van der Waals surface area contributed by atoms with Gasteiger partial charge in [-0.2, -0.15) is 0 Å². The maximum Gasteiger partial charge on any atom is 0.344 e. The van der Waals surface area contributed by atoms with Crippen molar-refractivity contribution < 1.29 is 27.6 Å². The van der Waals surface area contributed by atoms with E-state index in [0.717, 1.165) is 4.47 Å². The van der Waals surface area contributed by atoms with Crippen LogP contribution in [0.3, 0.4) is 0 Å². The molecule has 0 unspecified atom stereocenters. The molecule has 0 saturated carbocycles. The highest BCUT2D eigenvalue weighted by molar-refractivity contribution is 9.10. The predicted octanol–water partition coefficient (Wildman–Crippen LogP) is 4.86. The average molecular weight is 538 g/mol. The van der Waals surface area contributed by atoms with Crippen LogP contribution in [0.2, 0.25) is 0 Å². The van der Waals surface area contributed by atoms with E-state index in [1.807, 2.05) is 6.07 Å². The Kier molecular flexibility index (Phi) is 5.96. The second kappa shape index (κ2) is 9.22. The van der Waals surface area contributed by atoms with Gasteiger partial charge >= 0.3 is 17.2 Å². The standard InChI is InChI=1S/C25H16BrNO8/c1-31-22-11-16(35-27-22)4-7-23(28)32-15-3-5-17-18(12-24(29)33-21(17)10-15)19-9-13-8-14(26)2-6-20(13)34-25(19)30/h2-3,5-6,8-12H,4,7H2,1H3. The molecule has 3 aromatic heterocycles. The van der Waals surface area contributed by atoms with E-state index in [1.54, 1.807) is 36.4 Å². The number of rotatable bonds is 6. The smallest absolute Gasteiger partial charge is 0.344 e. The fourth-order valence-corrected chi connectivity index (χ4v) is 4.01. The van der Waals surface area contributed by atoms with Gasteiger partial charge in [0, 0.05) is 45.4 Å². The van der Waals surface area contributed by atoms with Crippen LogP contribution in [0.25, 0.3) is 33.1 Å². The number of methoxy groups -OCH3 is 1. The van der Waals surface area contributed by atoms with Gasteiger partial charge in [-0.15, -0.1) is 0 Å². The Morgan fingerprint density at radius 1 is 0.971 bits per heavy atom. The van der Waals surface area contributed by atoms with Crippen LogP contribution in [0.4, 0.5) is 0 Å². The molecule has 0 spiro atoms. The summed E-state index contributed by atoms with van der Waals surface area (Å²) < 4.78 is 26.9. The molecule has 0 N–H and O–H groups in total. The van der Waals surface area contributed by atoms with E-state index >= 15 is 0 Å². The van der Waals surface area contributed by atoms with E-state index in [1.165, 1.54) is 19.2 Å². The second-order valence-corrected chi connectivity index (χ2v) is 8.49. The summed E-state index contributed by atoms with van der Waals surface area (Å²) >= 11 is 3.40. The van der Waals surface area contributed by atoms with Gasteiger partial charge in [0.1, 0.15) is 22.7 Å². The molecule has 3 heterocycles. The van der Waals surface area contributed by atoms with E-state index in [0.29, 0.717) is 33.6 Å². The van der Waals surface area contributed by atoms with Crippen molar-refractivity contribution in [1.82, 2.24) is 5.16 Å². The van der Waals surface area contributed by atoms with E-state index in [4.69, 9.17) is 22.8 Å². The van der Waals surface area contributed by atoms with Crippen LogP contribution in [-0.2, 0) is 11.2 Å². The Labute approximate surface area is 205 Å². The molecule has 2 aromatic carbocycles. The molecule has 0 radical (unpaired) electrons. The lowest BCUT2D eigenvalue weighted by molar-refractivity contribution is -0.134. The van der Waals surface area contributed by atoms with Crippen molar-refractivity contribution in [2.45, 2.75) is 12.8 Å². The molecular formula is C25H16BrNO8. The van der Waals surface area contributed by atoms with Crippen molar-refractivity contribution in [2.24, 2.45) is 0 Å². The molecule has 0 aliphatic rings. The molecule has 0 bridgehead atoms. The number of esters is 1. The van der Waals surface area contributed by atoms with Gasteiger partial charge in [-0.05, 0) is 41.6 Å². The number of benzene rings is 2. The molecule has 5 rings (SSSR count). The molecule has 0 fully saturated rings. The van der Waals surface area contributed by atoms with E-state index in [-0.39, 0.29) is 29.7 Å². The average Bonchev–Trinajstić information content (AvgIpc) is 3.30. The maximum absolute atomic E-state index is 12.7. The van der Waals surface area contributed by atoms with Gasteiger partial charge in [-0.25, -0.2) is 9.59 Å². The van der Waals surface area contributed by atoms with Crippen LogP contribution in [0.15, 0.2) is 82.0 Å². The monoisotopic (exact) mass is 537 g/mol. The number of carbonyl (C=O) groups is 1. The molecule has 176 valence electrons. The third-order valence-electron chi connectivity index (χ3n) is 5.25. The Bertz CT molecular complexity index is 1700. The Morgan fingerprint density at radius 3 is 2.63 bits per heavy atom. The zero-order valence-corrected chi connectivity index (χ0v) is 19.8. The number of aromatic nitrogens is 1. The Hall–Kier alpha value is -4.18. The zero-order chi connectivity index (χ0) is 24.5. The molecule has 0 aliphatic carbocycles. The van der Waals surface area contributed by atoms with Crippen molar-refractivity contribution in [3.05, 3.63) is 85.7 Å². The minimum absolute atomic E-state index is 0.0358. The fourth-order valence-electron chi connectivity index (χ4n) is 3.63. The van der Waals surface area contributed by atoms with Crippen molar-refractivity contribution in [3.63, 3.8) is 0 Å². The van der Waals surface area contributed by atoms with Crippen molar-refractivity contribution >= 4 is 43.8 Å². The molecule has 0 atom stereocenters. The van der Waals surface area contributed by atoms with E-state index in [2.05, 4.69) is 21.1 Å². The highest BCUT2D eigenvalue weighted by atomic mass is 79.9. The summed E-state index contributed by atoms with van der Waals surface area (Å²) in [5.74, 6) is 0.474. The Balaban J connectivity index is 1.44. The minimum Gasteiger partial charge on any atom is -0.479 e. The van der Waals surface area contributed by atoms with Gasteiger partial charge in [0.05, 0.1) is 19.1 Å². The van der Waals surface area contributed by atoms with Crippen LogP contribution < -0.4 is 20.7 Å². The molecule has 0 aliphatic heterocycles. The minimum atomic E-state index is -0.663. The van der Waals surface area contributed by atoms with Crippen molar-refractivity contribution in [2.75, 3.05) is 7.11 Å². The lowest BCUT2D eigenvalue weighted by Crippen LogP contribution is -2.09. The fraction of sp³-hybridized carbons (Fsp3) is 0.120. The molecule has 0 amide bonds. The first-order chi connectivity index (χ1) is 16.9. The Morgan fingerprint density at radius 2 is 1.83 bits per heavy atom. The quantitative estimate of drug-likeness (QED) is 0.169. The van der Waals surface area contributed by atoms with Gasteiger partial charge < -0.3 is 22.8 Å².